The summed E-state index contributed by atoms with van der Waals surface area (Å²) in [5.74, 6) is 1.08. The minimum absolute atomic E-state index is 0.543. The van der Waals surface area contributed by atoms with Gasteiger partial charge in [0.1, 0.15) is 12.1 Å². The Morgan fingerprint density at radius 1 is 1.25 bits per heavy atom. The van der Waals surface area contributed by atoms with Crippen LogP contribution >= 0.6 is 0 Å². The molecule has 2 heterocycles. The van der Waals surface area contributed by atoms with E-state index in [1.54, 1.807) is 6.33 Å². The Morgan fingerprint density at radius 2 is 2.19 bits per heavy atom. The highest BCUT2D eigenvalue weighted by Crippen LogP contribution is 2.25. The summed E-state index contributed by atoms with van der Waals surface area (Å²) in [4.78, 5) is 8.79. The van der Waals surface area contributed by atoms with Gasteiger partial charge >= 0.3 is 0 Å². The lowest BCUT2D eigenvalue weighted by Gasteiger charge is -2.20. The van der Waals surface area contributed by atoms with Gasteiger partial charge in [-0.25, -0.2) is 9.97 Å². The highest BCUT2D eigenvalue weighted by molar-refractivity contribution is 5.47. The maximum Gasteiger partial charge on any atom is 0.133 e. The van der Waals surface area contributed by atoms with E-state index in [0.717, 1.165) is 31.7 Å². The van der Waals surface area contributed by atoms with E-state index in [0.29, 0.717) is 6.04 Å². The van der Waals surface area contributed by atoms with Crippen molar-refractivity contribution in [2.45, 2.75) is 38.1 Å². The molecular weight excluding hydrogens is 200 g/mol. The van der Waals surface area contributed by atoms with Crippen molar-refractivity contribution >= 4 is 5.82 Å². The van der Waals surface area contributed by atoms with E-state index in [9.17, 15) is 0 Å². The predicted octanol–water partition coefficient (Wildman–Crippen LogP) is 1.13. The zero-order chi connectivity index (χ0) is 10.8. The van der Waals surface area contributed by atoms with Gasteiger partial charge in [-0.3, -0.25) is 0 Å². The van der Waals surface area contributed by atoms with Gasteiger partial charge in [-0.1, -0.05) is 0 Å². The fourth-order valence-electron chi connectivity index (χ4n) is 2.62. The summed E-state index contributed by atoms with van der Waals surface area (Å²) in [6.45, 7) is 2.17. The van der Waals surface area contributed by atoms with Gasteiger partial charge < -0.3 is 10.6 Å². The van der Waals surface area contributed by atoms with Gasteiger partial charge in [-0.2, -0.15) is 0 Å². The second kappa shape index (κ2) is 4.37. The SMILES string of the molecule is c1nc2c(c(NC3CCNC3)n1)CCCC2. The summed E-state index contributed by atoms with van der Waals surface area (Å²) in [7, 11) is 0. The smallest absolute Gasteiger partial charge is 0.133 e. The predicted molar refractivity (Wildman–Crippen MR) is 63.6 cm³/mol. The van der Waals surface area contributed by atoms with Gasteiger partial charge in [0.05, 0.1) is 0 Å². The van der Waals surface area contributed by atoms with E-state index >= 15 is 0 Å². The monoisotopic (exact) mass is 218 g/mol. The number of hydrogen-bond donors (Lipinski definition) is 2. The van der Waals surface area contributed by atoms with Crippen molar-refractivity contribution in [3.8, 4) is 0 Å². The first-order valence-electron chi connectivity index (χ1n) is 6.23. The van der Waals surface area contributed by atoms with Crippen molar-refractivity contribution in [1.82, 2.24) is 15.3 Å². The fourth-order valence-corrected chi connectivity index (χ4v) is 2.62. The third-order valence-electron chi connectivity index (χ3n) is 3.53. The molecular formula is C12H18N4. The molecule has 2 N–H and O–H groups in total. The molecule has 1 aromatic heterocycles. The average molecular weight is 218 g/mol. The second-order valence-corrected chi connectivity index (χ2v) is 4.69. The van der Waals surface area contributed by atoms with E-state index < -0.39 is 0 Å². The van der Waals surface area contributed by atoms with Crippen LogP contribution in [0, 0.1) is 0 Å². The Kier molecular flexibility index (Phi) is 2.74. The van der Waals surface area contributed by atoms with Gasteiger partial charge in [0, 0.05) is 23.8 Å². The molecule has 2 aliphatic rings. The van der Waals surface area contributed by atoms with Crippen molar-refractivity contribution < 1.29 is 0 Å². The normalized spacial score (nSPS) is 24.1. The number of rotatable bonds is 2. The molecule has 0 bridgehead atoms. The van der Waals surface area contributed by atoms with E-state index in [2.05, 4.69) is 20.6 Å². The standard InChI is InChI=1S/C12H18N4/c1-2-4-11-10(3-1)12(15-8-14-11)16-9-5-6-13-7-9/h8-9,13H,1-7H2,(H,14,15,16). The van der Waals surface area contributed by atoms with Gasteiger partial charge in [-0.15, -0.1) is 0 Å². The number of hydrogen-bond acceptors (Lipinski definition) is 4. The number of fused-ring (bicyclic) bond motifs is 1. The van der Waals surface area contributed by atoms with E-state index in [4.69, 9.17) is 0 Å². The van der Waals surface area contributed by atoms with Gasteiger partial charge in [0.2, 0.25) is 0 Å². The topological polar surface area (TPSA) is 49.8 Å². The minimum atomic E-state index is 0.543. The maximum atomic E-state index is 4.41. The first-order chi connectivity index (χ1) is 7.93. The van der Waals surface area contributed by atoms with Gasteiger partial charge in [0.15, 0.2) is 0 Å². The lowest BCUT2D eigenvalue weighted by Crippen LogP contribution is -2.24. The Morgan fingerprint density at radius 3 is 3.06 bits per heavy atom. The summed E-state index contributed by atoms with van der Waals surface area (Å²) in [5, 5.41) is 6.92. The van der Waals surface area contributed by atoms with Crippen molar-refractivity contribution in [2.24, 2.45) is 0 Å². The zero-order valence-corrected chi connectivity index (χ0v) is 9.50. The van der Waals surface area contributed by atoms with Crippen molar-refractivity contribution in [2.75, 3.05) is 18.4 Å². The number of aromatic nitrogens is 2. The number of nitrogens with one attached hydrogen (secondary N) is 2. The quantitative estimate of drug-likeness (QED) is 0.781. The molecule has 0 amide bonds. The number of aryl methyl sites for hydroxylation is 1. The van der Waals surface area contributed by atoms with Crippen LogP contribution in [0.5, 0.6) is 0 Å². The molecule has 1 fully saturated rings. The van der Waals surface area contributed by atoms with Crippen molar-refractivity contribution in [3.63, 3.8) is 0 Å². The number of anilines is 1. The summed E-state index contributed by atoms with van der Waals surface area (Å²) in [5.41, 5.74) is 2.62. The summed E-state index contributed by atoms with van der Waals surface area (Å²) in [6.07, 6.45) is 7.70. The van der Waals surface area contributed by atoms with Crippen LogP contribution in [0.1, 0.15) is 30.5 Å². The molecule has 0 aromatic carbocycles. The zero-order valence-electron chi connectivity index (χ0n) is 9.50. The third-order valence-corrected chi connectivity index (χ3v) is 3.53. The Bertz CT molecular complexity index is 371. The Balaban J connectivity index is 1.82. The largest absolute Gasteiger partial charge is 0.366 e. The van der Waals surface area contributed by atoms with Crippen molar-refractivity contribution in [1.29, 1.82) is 0 Å². The summed E-state index contributed by atoms with van der Waals surface area (Å²) in [6, 6.07) is 0.543. The highest BCUT2D eigenvalue weighted by Gasteiger charge is 2.19. The van der Waals surface area contributed by atoms with Gasteiger partial charge in [0.25, 0.3) is 0 Å². The van der Waals surface area contributed by atoms with Crippen LogP contribution in [-0.2, 0) is 12.8 Å². The molecule has 1 atom stereocenters. The molecule has 3 rings (SSSR count). The molecule has 1 aliphatic heterocycles. The van der Waals surface area contributed by atoms with Crippen LogP contribution in [0.25, 0.3) is 0 Å². The Hall–Kier alpha value is -1.16. The molecule has 86 valence electrons. The van der Waals surface area contributed by atoms with Crippen LogP contribution in [0.4, 0.5) is 5.82 Å². The van der Waals surface area contributed by atoms with Crippen molar-refractivity contribution in [3.05, 3.63) is 17.6 Å². The van der Waals surface area contributed by atoms with E-state index in [1.165, 1.54) is 30.5 Å². The number of nitrogens with zero attached hydrogens (tertiary/aromatic N) is 2. The van der Waals surface area contributed by atoms with Crippen LogP contribution in [0.2, 0.25) is 0 Å². The minimum Gasteiger partial charge on any atom is -0.366 e. The fraction of sp³-hybridized carbons (Fsp3) is 0.667. The summed E-state index contributed by atoms with van der Waals surface area (Å²) < 4.78 is 0. The van der Waals surface area contributed by atoms with Crippen LogP contribution < -0.4 is 10.6 Å². The molecule has 1 aromatic rings. The lowest BCUT2D eigenvalue weighted by atomic mass is 9.96. The van der Waals surface area contributed by atoms with Gasteiger partial charge in [-0.05, 0) is 38.6 Å². The first kappa shape index (κ1) is 10.0. The van der Waals surface area contributed by atoms with Crippen LogP contribution in [0.3, 0.4) is 0 Å². The average Bonchev–Trinajstić information content (AvgIpc) is 2.82. The molecule has 0 spiro atoms. The molecule has 1 aliphatic carbocycles. The second-order valence-electron chi connectivity index (χ2n) is 4.69. The van der Waals surface area contributed by atoms with Crippen LogP contribution in [-0.4, -0.2) is 29.1 Å². The molecule has 4 nitrogen and oxygen atoms in total. The molecule has 4 heteroatoms. The molecule has 1 saturated heterocycles. The van der Waals surface area contributed by atoms with E-state index in [1.807, 2.05) is 0 Å². The Labute approximate surface area is 95.9 Å². The lowest BCUT2D eigenvalue weighted by molar-refractivity contribution is 0.660. The molecule has 0 radical (unpaired) electrons. The molecule has 0 saturated carbocycles. The maximum absolute atomic E-state index is 4.41. The summed E-state index contributed by atoms with van der Waals surface area (Å²) >= 11 is 0. The first-order valence-corrected chi connectivity index (χ1v) is 6.23. The van der Waals surface area contributed by atoms with E-state index in [-0.39, 0.29) is 0 Å². The molecule has 1 unspecified atom stereocenters. The van der Waals surface area contributed by atoms with Crippen LogP contribution in [0.15, 0.2) is 6.33 Å². The highest BCUT2D eigenvalue weighted by atomic mass is 15.1. The third kappa shape index (κ3) is 1.89. The molecule has 16 heavy (non-hydrogen) atoms.